The van der Waals surface area contributed by atoms with Gasteiger partial charge in [0.1, 0.15) is 6.04 Å². The fourth-order valence-electron chi connectivity index (χ4n) is 0.982. The van der Waals surface area contributed by atoms with Crippen molar-refractivity contribution in [2.45, 2.75) is 6.04 Å². The monoisotopic (exact) mass is 196 g/mol. The lowest BCUT2D eigenvalue weighted by molar-refractivity contribution is -0.138. The van der Waals surface area contributed by atoms with Crippen LogP contribution in [0.2, 0.25) is 0 Å². The number of aromatic nitrogens is 1. The summed E-state index contributed by atoms with van der Waals surface area (Å²) in [5, 5.41) is 17.3. The summed E-state index contributed by atoms with van der Waals surface area (Å²) < 4.78 is 0. The summed E-state index contributed by atoms with van der Waals surface area (Å²) in [7, 11) is 0. The molecule has 0 unspecified atom stereocenters. The third kappa shape index (κ3) is 1.86. The van der Waals surface area contributed by atoms with Gasteiger partial charge in [0.25, 0.3) is 0 Å². The van der Waals surface area contributed by atoms with Crippen molar-refractivity contribution in [3.8, 4) is 0 Å². The maximum Gasteiger partial charge on any atom is 0.336 e. The first kappa shape index (κ1) is 10.1. The minimum absolute atomic E-state index is 0.00694. The zero-order valence-corrected chi connectivity index (χ0v) is 7.04. The molecule has 0 saturated carbocycles. The Kier molecular flexibility index (Phi) is 2.78. The Bertz CT molecular complexity index is 377. The Morgan fingerprint density at radius 2 is 2.07 bits per heavy atom. The van der Waals surface area contributed by atoms with Crippen molar-refractivity contribution in [3.63, 3.8) is 0 Å². The van der Waals surface area contributed by atoms with E-state index in [4.69, 9.17) is 15.9 Å². The molecule has 4 N–H and O–H groups in total. The summed E-state index contributed by atoms with van der Waals surface area (Å²) in [5.41, 5.74) is 5.12. The molecule has 6 heteroatoms. The number of aromatic carboxylic acids is 1. The Balaban J connectivity index is 3.19. The van der Waals surface area contributed by atoms with Gasteiger partial charge in [-0.2, -0.15) is 0 Å². The minimum atomic E-state index is -1.37. The molecule has 14 heavy (non-hydrogen) atoms. The average Bonchev–Trinajstić information content (AvgIpc) is 2.16. The smallest absolute Gasteiger partial charge is 0.336 e. The van der Waals surface area contributed by atoms with Gasteiger partial charge in [-0.25, -0.2) is 4.79 Å². The van der Waals surface area contributed by atoms with Crippen LogP contribution in [-0.2, 0) is 4.79 Å². The standard InChI is InChI=1S/C8H8N2O4/c9-6(8(13)14)5-3-10-2-1-4(5)7(11)12/h1-3,6H,9H2,(H,11,12)(H,13,14)/t6-/m1/s1. The van der Waals surface area contributed by atoms with Crippen LogP contribution in [0.15, 0.2) is 18.5 Å². The van der Waals surface area contributed by atoms with Gasteiger partial charge < -0.3 is 15.9 Å². The second kappa shape index (κ2) is 3.84. The number of nitrogens with zero attached hydrogens (tertiary/aromatic N) is 1. The molecule has 0 bridgehead atoms. The van der Waals surface area contributed by atoms with E-state index in [1.165, 1.54) is 12.3 Å². The van der Waals surface area contributed by atoms with E-state index >= 15 is 0 Å². The summed E-state index contributed by atoms with van der Waals surface area (Å²) in [5.74, 6) is -2.51. The van der Waals surface area contributed by atoms with Gasteiger partial charge in [0.05, 0.1) is 5.56 Å². The van der Waals surface area contributed by atoms with Crippen molar-refractivity contribution in [2.24, 2.45) is 5.73 Å². The van der Waals surface area contributed by atoms with Crippen LogP contribution in [0.4, 0.5) is 0 Å². The number of carboxylic acids is 2. The van der Waals surface area contributed by atoms with Gasteiger partial charge in [-0.15, -0.1) is 0 Å². The molecule has 0 radical (unpaired) electrons. The number of carboxylic acid groups (broad SMARTS) is 2. The van der Waals surface area contributed by atoms with Gasteiger partial charge in [-0.3, -0.25) is 9.78 Å². The molecule has 1 aromatic heterocycles. The molecule has 0 aliphatic carbocycles. The van der Waals surface area contributed by atoms with Gasteiger partial charge in [-0.1, -0.05) is 0 Å². The quantitative estimate of drug-likeness (QED) is 0.620. The zero-order valence-electron chi connectivity index (χ0n) is 7.04. The Labute approximate surface area is 79.0 Å². The third-order valence-electron chi connectivity index (χ3n) is 1.68. The highest BCUT2D eigenvalue weighted by molar-refractivity contribution is 5.91. The maximum atomic E-state index is 10.7. The summed E-state index contributed by atoms with van der Waals surface area (Å²) in [6.45, 7) is 0. The Hall–Kier alpha value is -1.95. The topological polar surface area (TPSA) is 114 Å². The highest BCUT2D eigenvalue weighted by Crippen LogP contribution is 2.14. The van der Waals surface area contributed by atoms with E-state index in [1.807, 2.05) is 0 Å². The predicted molar refractivity (Wildman–Crippen MR) is 45.8 cm³/mol. The van der Waals surface area contributed by atoms with Crippen LogP contribution in [0.5, 0.6) is 0 Å². The number of carbonyl (C=O) groups is 2. The molecule has 0 spiro atoms. The van der Waals surface area contributed by atoms with Gasteiger partial charge in [0.15, 0.2) is 0 Å². The van der Waals surface area contributed by atoms with Crippen LogP contribution in [0.1, 0.15) is 22.0 Å². The van der Waals surface area contributed by atoms with Crippen LogP contribution in [0.25, 0.3) is 0 Å². The zero-order chi connectivity index (χ0) is 10.7. The van der Waals surface area contributed by atoms with Crippen LogP contribution < -0.4 is 5.73 Å². The van der Waals surface area contributed by atoms with Crippen molar-refractivity contribution >= 4 is 11.9 Å². The van der Waals surface area contributed by atoms with Crippen LogP contribution >= 0.6 is 0 Å². The number of hydrogen-bond acceptors (Lipinski definition) is 4. The fourth-order valence-corrected chi connectivity index (χ4v) is 0.982. The molecular weight excluding hydrogens is 188 g/mol. The lowest BCUT2D eigenvalue weighted by Gasteiger charge is -2.08. The van der Waals surface area contributed by atoms with E-state index in [-0.39, 0.29) is 11.1 Å². The van der Waals surface area contributed by atoms with Gasteiger partial charge in [-0.05, 0) is 6.07 Å². The van der Waals surface area contributed by atoms with Crippen LogP contribution in [0, 0.1) is 0 Å². The SMILES string of the molecule is N[C@@H](C(=O)O)c1cnccc1C(=O)O. The highest BCUT2D eigenvalue weighted by Gasteiger charge is 2.20. The first-order valence-electron chi connectivity index (χ1n) is 3.69. The molecule has 0 fully saturated rings. The van der Waals surface area contributed by atoms with Crippen molar-refractivity contribution in [1.82, 2.24) is 4.98 Å². The molecule has 0 aliphatic rings. The third-order valence-corrected chi connectivity index (χ3v) is 1.68. The van der Waals surface area contributed by atoms with Crippen LogP contribution in [0.3, 0.4) is 0 Å². The van der Waals surface area contributed by atoms with E-state index in [2.05, 4.69) is 4.98 Å². The lowest BCUT2D eigenvalue weighted by Crippen LogP contribution is -2.23. The number of rotatable bonds is 3. The van der Waals surface area contributed by atoms with Crippen molar-refractivity contribution in [3.05, 3.63) is 29.6 Å². The average molecular weight is 196 g/mol. The second-order valence-corrected chi connectivity index (χ2v) is 2.58. The van der Waals surface area contributed by atoms with Gasteiger partial charge >= 0.3 is 11.9 Å². The first-order valence-corrected chi connectivity index (χ1v) is 3.69. The lowest BCUT2D eigenvalue weighted by atomic mass is 10.0. The molecule has 6 nitrogen and oxygen atoms in total. The summed E-state index contributed by atoms with van der Waals surface area (Å²) in [4.78, 5) is 24.8. The van der Waals surface area contributed by atoms with Crippen molar-refractivity contribution in [1.29, 1.82) is 0 Å². The van der Waals surface area contributed by atoms with Crippen molar-refractivity contribution in [2.75, 3.05) is 0 Å². The largest absolute Gasteiger partial charge is 0.480 e. The molecule has 1 aromatic rings. The molecule has 0 amide bonds. The molecule has 0 aromatic carbocycles. The van der Waals surface area contributed by atoms with E-state index in [0.29, 0.717) is 0 Å². The molecular formula is C8H8N2O4. The number of pyridine rings is 1. The Morgan fingerprint density at radius 1 is 1.43 bits per heavy atom. The molecule has 1 rings (SSSR count). The van der Waals surface area contributed by atoms with E-state index in [9.17, 15) is 9.59 Å². The van der Waals surface area contributed by atoms with Crippen LogP contribution in [-0.4, -0.2) is 27.1 Å². The van der Waals surface area contributed by atoms with Crippen molar-refractivity contribution < 1.29 is 19.8 Å². The summed E-state index contributed by atoms with van der Waals surface area (Å²) in [6.07, 6.45) is 2.41. The van der Waals surface area contributed by atoms with Gasteiger partial charge in [0.2, 0.25) is 0 Å². The van der Waals surface area contributed by atoms with E-state index < -0.39 is 18.0 Å². The minimum Gasteiger partial charge on any atom is -0.480 e. The molecule has 0 aliphatic heterocycles. The molecule has 0 saturated heterocycles. The number of nitrogens with two attached hydrogens (primary N) is 1. The molecule has 1 heterocycles. The Morgan fingerprint density at radius 3 is 2.57 bits per heavy atom. The van der Waals surface area contributed by atoms with E-state index in [1.54, 1.807) is 0 Å². The summed E-state index contributed by atoms with van der Waals surface area (Å²) in [6, 6.07) is -0.157. The highest BCUT2D eigenvalue weighted by atomic mass is 16.4. The summed E-state index contributed by atoms with van der Waals surface area (Å²) >= 11 is 0. The number of aliphatic carboxylic acids is 1. The normalized spacial score (nSPS) is 12.1. The maximum absolute atomic E-state index is 10.7. The first-order chi connectivity index (χ1) is 6.54. The fraction of sp³-hybridized carbons (Fsp3) is 0.125. The van der Waals surface area contributed by atoms with E-state index in [0.717, 1.165) is 6.20 Å². The van der Waals surface area contributed by atoms with Gasteiger partial charge in [0, 0.05) is 18.0 Å². The molecule has 74 valence electrons. The molecule has 1 atom stereocenters. The number of hydrogen-bond donors (Lipinski definition) is 3. The second-order valence-electron chi connectivity index (χ2n) is 2.58. The predicted octanol–water partition coefficient (Wildman–Crippen LogP) is -0.136.